The Hall–Kier alpha value is -0.220. The lowest BCUT2D eigenvalue weighted by molar-refractivity contribution is -0.123. The van der Waals surface area contributed by atoms with Crippen LogP contribution in [0.3, 0.4) is 0 Å². The van der Waals surface area contributed by atoms with Crippen LogP contribution in [0.15, 0.2) is 0 Å². The van der Waals surface area contributed by atoms with Gasteiger partial charge in [0.2, 0.25) is 5.91 Å². The van der Waals surface area contributed by atoms with Crippen LogP contribution in [0.4, 0.5) is 0 Å². The van der Waals surface area contributed by atoms with Gasteiger partial charge in [0.15, 0.2) is 0 Å². The first-order valence-electron chi connectivity index (χ1n) is 5.64. The van der Waals surface area contributed by atoms with E-state index in [0.717, 1.165) is 25.1 Å². The molecule has 3 nitrogen and oxygen atoms in total. The summed E-state index contributed by atoms with van der Waals surface area (Å²) in [6.07, 6.45) is 4.19. The average molecular weight is 232 g/mol. The number of nitrogens with one attached hydrogen (secondary N) is 2. The van der Waals surface area contributed by atoms with E-state index in [0.29, 0.717) is 0 Å². The molecular weight excluding hydrogens is 208 g/mol. The predicted molar refractivity (Wildman–Crippen MR) is 68.4 cm³/mol. The van der Waals surface area contributed by atoms with Gasteiger partial charge >= 0.3 is 0 Å². The van der Waals surface area contributed by atoms with E-state index >= 15 is 0 Å². The second-order valence-electron chi connectivity index (χ2n) is 3.84. The van der Waals surface area contributed by atoms with E-state index in [1.807, 2.05) is 25.6 Å². The van der Waals surface area contributed by atoms with Crippen molar-refractivity contribution >= 4 is 17.7 Å². The van der Waals surface area contributed by atoms with Crippen molar-refractivity contribution in [3.8, 4) is 0 Å². The highest BCUT2D eigenvalue weighted by Crippen LogP contribution is 1.95. The van der Waals surface area contributed by atoms with Crippen molar-refractivity contribution in [1.29, 1.82) is 0 Å². The summed E-state index contributed by atoms with van der Waals surface area (Å²) in [5.74, 6) is 1.25. The third-order valence-corrected chi connectivity index (χ3v) is 3.07. The third kappa shape index (κ3) is 7.68. The van der Waals surface area contributed by atoms with Gasteiger partial charge < -0.3 is 10.6 Å². The van der Waals surface area contributed by atoms with Crippen LogP contribution >= 0.6 is 11.8 Å². The molecule has 15 heavy (non-hydrogen) atoms. The van der Waals surface area contributed by atoms with Gasteiger partial charge in [-0.15, -0.1) is 0 Å². The van der Waals surface area contributed by atoms with Gasteiger partial charge in [0.05, 0.1) is 6.04 Å². The molecule has 0 saturated carbocycles. The fourth-order valence-corrected chi connectivity index (χ4v) is 1.53. The standard InChI is InChI=1S/C11H24N2OS/c1-5-9(2)13-11(14)10(3)12-7-6-8-15-4/h9-10,12H,5-8H2,1-4H3,(H,13,14). The molecule has 2 N–H and O–H groups in total. The molecule has 0 aliphatic carbocycles. The van der Waals surface area contributed by atoms with Crippen molar-refractivity contribution < 1.29 is 4.79 Å². The summed E-state index contributed by atoms with van der Waals surface area (Å²) in [4.78, 5) is 11.6. The Morgan fingerprint density at radius 2 is 2.07 bits per heavy atom. The molecule has 0 aromatic heterocycles. The molecule has 90 valence electrons. The minimum absolute atomic E-state index is 0.0825. The molecule has 2 atom stereocenters. The third-order valence-electron chi connectivity index (χ3n) is 2.37. The van der Waals surface area contributed by atoms with Crippen molar-refractivity contribution in [3.05, 3.63) is 0 Å². The zero-order chi connectivity index (χ0) is 11.7. The molecule has 0 aliphatic rings. The fourth-order valence-electron chi connectivity index (χ4n) is 1.10. The van der Waals surface area contributed by atoms with Crippen molar-refractivity contribution in [1.82, 2.24) is 10.6 Å². The maximum atomic E-state index is 11.6. The van der Waals surface area contributed by atoms with Crippen LogP contribution in [-0.4, -0.2) is 36.5 Å². The first-order chi connectivity index (χ1) is 7.11. The van der Waals surface area contributed by atoms with Gasteiger partial charge in [-0.1, -0.05) is 6.92 Å². The number of thioether (sulfide) groups is 1. The van der Waals surface area contributed by atoms with Crippen LogP contribution in [-0.2, 0) is 4.79 Å². The second kappa shape index (κ2) is 9.04. The van der Waals surface area contributed by atoms with E-state index in [1.54, 1.807) is 0 Å². The van der Waals surface area contributed by atoms with E-state index in [4.69, 9.17) is 0 Å². The highest BCUT2D eigenvalue weighted by molar-refractivity contribution is 7.98. The van der Waals surface area contributed by atoms with Crippen LogP contribution in [0.5, 0.6) is 0 Å². The molecule has 0 aromatic carbocycles. The zero-order valence-electron chi connectivity index (χ0n) is 10.3. The van der Waals surface area contributed by atoms with Crippen molar-refractivity contribution in [2.24, 2.45) is 0 Å². The molecule has 0 heterocycles. The molecule has 0 radical (unpaired) electrons. The molecule has 0 aliphatic heterocycles. The summed E-state index contributed by atoms with van der Waals surface area (Å²) in [6.45, 7) is 6.92. The Labute approximate surface area is 97.8 Å². The lowest BCUT2D eigenvalue weighted by Gasteiger charge is -2.17. The summed E-state index contributed by atoms with van der Waals surface area (Å²) < 4.78 is 0. The van der Waals surface area contributed by atoms with Gasteiger partial charge in [0, 0.05) is 6.04 Å². The normalized spacial score (nSPS) is 14.7. The topological polar surface area (TPSA) is 41.1 Å². The highest BCUT2D eigenvalue weighted by atomic mass is 32.2. The largest absolute Gasteiger partial charge is 0.352 e. The fraction of sp³-hybridized carbons (Fsp3) is 0.909. The van der Waals surface area contributed by atoms with Gasteiger partial charge in [0.25, 0.3) is 0 Å². The van der Waals surface area contributed by atoms with Gasteiger partial charge in [-0.25, -0.2) is 0 Å². The molecule has 0 rings (SSSR count). The van der Waals surface area contributed by atoms with Gasteiger partial charge in [0.1, 0.15) is 0 Å². The number of hydrogen-bond donors (Lipinski definition) is 2. The highest BCUT2D eigenvalue weighted by Gasteiger charge is 2.12. The lowest BCUT2D eigenvalue weighted by Crippen LogP contribution is -2.45. The van der Waals surface area contributed by atoms with Crippen molar-refractivity contribution in [2.45, 2.75) is 45.7 Å². The lowest BCUT2D eigenvalue weighted by atomic mass is 10.2. The number of hydrogen-bond acceptors (Lipinski definition) is 3. The summed E-state index contributed by atoms with van der Waals surface area (Å²) in [7, 11) is 0. The summed E-state index contributed by atoms with van der Waals surface area (Å²) >= 11 is 1.84. The average Bonchev–Trinajstić information content (AvgIpc) is 2.23. The molecule has 0 fully saturated rings. The first kappa shape index (κ1) is 14.8. The number of carbonyl (C=O) groups is 1. The van der Waals surface area contributed by atoms with E-state index in [1.165, 1.54) is 0 Å². The number of rotatable bonds is 8. The summed E-state index contributed by atoms with van der Waals surface area (Å²) in [5.41, 5.74) is 0. The van der Waals surface area contributed by atoms with Crippen LogP contribution in [0.25, 0.3) is 0 Å². The van der Waals surface area contributed by atoms with E-state index < -0.39 is 0 Å². The minimum atomic E-state index is -0.0825. The molecule has 1 amide bonds. The van der Waals surface area contributed by atoms with E-state index in [2.05, 4.69) is 23.8 Å². The van der Waals surface area contributed by atoms with Gasteiger partial charge in [-0.2, -0.15) is 11.8 Å². The van der Waals surface area contributed by atoms with Gasteiger partial charge in [-0.3, -0.25) is 4.79 Å². The Morgan fingerprint density at radius 3 is 2.60 bits per heavy atom. The molecule has 2 unspecified atom stereocenters. The SMILES string of the molecule is CCC(C)NC(=O)C(C)NCCCSC. The maximum Gasteiger partial charge on any atom is 0.237 e. The van der Waals surface area contributed by atoms with Crippen molar-refractivity contribution in [2.75, 3.05) is 18.6 Å². The Morgan fingerprint density at radius 1 is 1.40 bits per heavy atom. The molecule has 0 aromatic rings. The zero-order valence-corrected chi connectivity index (χ0v) is 11.1. The first-order valence-corrected chi connectivity index (χ1v) is 7.03. The molecule has 0 bridgehead atoms. The Kier molecular flexibility index (Phi) is 8.91. The Bertz CT molecular complexity index is 176. The van der Waals surface area contributed by atoms with E-state index in [-0.39, 0.29) is 18.0 Å². The maximum absolute atomic E-state index is 11.6. The van der Waals surface area contributed by atoms with Crippen molar-refractivity contribution in [3.63, 3.8) is 0 Å². The quantitative estimate of drug-likeness (QED) is 0.625. The molecular formula is C11H24N2OS. The van der Waals surface area contributed by atoms with Crippen LogP contribution in [0.1, 0.15) is 33.6 Å². The smallest absolute Gasteiger partial charge is 0.237 e. The summed E-state index contributed by atoms with van der Waals surface area (Å²) in [6, 6.07) is 0.189. The molecule has 0 spiro atoms. The van der Waals surface area contributed by atoms with Crippen LogP contribution in [0, 0.1) is 0 Å². The Balaban J connectivity index is 3.60. The van der Waals surface area contributed by atoms with Crippen LogP contribution < -0.4 is 10.6 Å². The second-order valence-corrected chi connectivity index (χ2v) is 4.83. The molecule has 4 heteroatoms. The predicted octanol–water partition coefficient (Wildman–Crippen LogP) is 1.63. The van der Waals surface area contributed by atoms with Gasteiger partial charge in [-0.05, 0) is 45.2 Å². The summed E-state index contributed by atoms with van der Waals surface area (Å²) in [5, 5.41) is 6.18. The monoisotopic (exact) mass is 232 g/mol. The van der Waals surface area contributed by atoms with Crippen LogP contribution in [0.2, 0.25) is 0 Å². The molecule has 0 saturated heterocycles. The number of amides is 1. The van der Waals surface area contributed by atoms with E-state index in [9.17, 15) is 4.79 Å². The number of carbonyl (C=O) groups excluding carboxylic acids is 1. The minimum Gasteiger partial charge on any atom is -0.352 e.